The third kappa shape index (κ3) is 1.65. The van der Waals surface area contributed by atoms with Gasteiger partial charge >= 0.3 is 0 Å². The summed E-state index contributed by atoms with van der Waals surface area (Å²) < 4.78 is 8.56. The van der Waals surface area contributed by atoms with Gasteiger partial charge in [-0.25, -0.2) is 0 Å². The standard InChI is InChI=1S/C10H5ClN2O2/c11-13-10-7(5-12)3-6-1-2-8(14)4-9(6)15-10/h1-4,14H. The first-order valence-electron chi connectivity index (χ1n) is 4.06. The Bertz CT molecular complexity index is 625. The van der Waals surface area contributed by atoms with Gasteiger partial charge in [-0.15, -0.1) is 4.51 Å². The van der Waals surface area contributed by atoms with Crippen LogP contribution >= 0.6 is 11.8 Å². The Morgan fingerprint density at radius 1 is 1.40 bits per heavy atom. The molecule has 4 nitrogen and oxygen atoms in total. The Labute approximate surface area is 89.8 Å². The minimum absolute atomic E-state index is 0.0391. The Morgan fingerprint density at radius 3 is 2.87 bits per heavy atom. The van der Waals surface area contributed by atoms with E-state index in [0.717, 1.165) is 0 Å². The molecular weight excluding hydrogens is 216 g/mol. The van der Waals surface area contributed by atoms with Gasteiger partial charge in [0.1, 0.15) is 23.0 Å². The van der Waals surface area contributed by atoms with Crippen LogP contribution in [0.1, 0.15) is 5.56 Å². The van der Waals surface area contributed by atoms with Crippen molar-refractivity contribution in [3.05, 3.63) is 35.4 Å². The molecule has 0 spiro atoms. The molecular formula is C10H5ClN2O2. The maximum atomic E-state index is 9.23. The summed E-state index contributed by atoms with van der Waals surface area (Å²) in [7, 11) is 0. The number of rotatable bonds is 0. The van der Waals surface area contributed by atoms with Gasteiger partial charge in [-0.1, -0.05) is 0 Å². The van der Waals surface area contributed by atoms with Crippen molar-refractivity contribution in [2.45, 2.75) is 0 Å². The summed E-state index contributed by atoms with van der Waals surface area (Å²) in [6, 6.07) is 8.10. The second kappa shape index (κ2) is 3.64. The second-order valence-electron chi connectivity index (χ2n) is 2.88. The fraction of sp³-hybridized carbons (Fsp3) is 0. The Morgan fingerprint density at radius 2 is 2.20 bits per heavy atom. The minimum Gasteiger partial charge on any atom is -0.508 e. The molecule has 0 aliphatic rings. The molecule has 0 aliphatic carbocycles. The molecule has 74 valence electrons. The van der Waals surface area contributed by atoms with E-state index in [-0.39, 0.29) is 16.9 Å². The molecule has 0 unspecified atom stereocenters. The number of halogens is 1. The van der Waals surface area contributed by atoms with Crippen molar-refractivity contribution in [3.63, 3.8) is 0 Å². The Hall–Kier alpha value is -1.99. The van der Waals surface area contributed by atoms with Crippen molar-refractivity contribution >= 4 is 22.7 Å². The van der Waals surface area contributed by atoms with Gasteiger partial charge in [-0.05, 0) is 18.2 Å². The van der Waals surface area contributed by atoms with Crippen LogP contribution in [0.15, 0.2) is 33.2 Å². The molecule has 0 radical (unpaired) electrons. The van der Waals surface area contributed by atoms with E-state index >= 15 is 0 Å². The van der Waals surface area contributed by atoms with E-state index < -0.39 is 0 Å². The quantitative estimate of drug-likeness (QED) is 0.739. The highest BCUT2D eigenvalue weighted by molar-refractivity contribution is 6.14. The molecule has 5 heteroatoms. The summed E-state index contributed by atoms with van der Waals surface area (Å²) in [4.78, 5) is 0. The van der Waals surface area contributed by atoms with Gasteiger partial charge in [0.15, 0.2) is 0 Å². The first kappa shape index (κ1) is 9.56. The van der Waals surface area contributed by atoms with E-state index in [0.29, 0.717) is 11.0 Å². The SMILES string of the molecule is N#Cc1cc2ccc(O)cc2oc1=NCl. The lowest BCUT2D eigenvalue weighted by Gasteiger charge is -1.98. The zero-order valence-electron chi connectivity index (χ0n) is 7.44. The predicted octanol–water partition coefficient (Wildman–Crippen LogP) is 2.06. The summed E-state index contributed by atoms with van der Waals surface area (Å²) in [5.41, 5.74) is 0.717. The van der Waals surface area contributed by atoms with E-state index in [2.05, 4.69) is 4.51 Å². The second-order valence-corrected chi connectivity index (χ2v) is 3.05. The number of benzene rings is 1. The number of hydrogen-bond donors (Lipinski definition) is 1. The number of nitriles is 1. The van der Waals surface area contributed by atoms with Gasteiger partial charge in [0, 0.05) is 23.2 Å². The smallest absolute Gasteiger partial charge is 0.249 e. The highest BCUT2D eigenvalue weighted by Gasteiger charge is 2.03. The normalized spacial score (nSPS) is 11.6. The van der Waals surface area contributed by atoms with Crippen molar-refractivity contribution in [2.24, 2.45) is 4.51 Å². The van der Waals surface area contributed by atoms with E-state index in [1.165, 1.54) is 12.1 Å². The topological polar surface area (TPSA) is 69.5 Å². The summed E-state index contributed by atoms with van der Waals surface area (Å²) in [6.45, 7) is 0. The van der Waals surface area contributed by atoms with Gasteiger partial charge in [0.25, 0.3) is 0 Å². The fourth-order valence-electron chi connectivity index (χ4n) is 1.25. The molecule has 0 fully saturated rings. The molecule has 2 aromatic rings. The van der Waals surface area contributed by atoms with Crippen LogP contribution in [-0.4, -0.2) is 5.11 Å². The summed E-state index contributed by atoms with van der Waals surface area (Å²) in [5.74, 6) is 0.0801. The number of hydrogen-bond acceptors (Lipinski definition) is 4. The monoisotopic (exact) mass is 220 g/mol. The van der Waals surface area contributed by atoms with Crippen molar-refractivity contribution < 1.29 is 9.52 Å². The van der Waals surface area contributed by atoms with Gasteiger partial charge in [-0.2, -0.15) is 5.26 Å². The zero-order valence-corrected chi connectivity index (χ0v) is 8.19. The van der Waals surface area contributed by atoms with Gasteiger partial charge < -0.3 is 9.52 Å². The molecule has 0 bridgehead atoms. The molecule has 1 aromatic heterocycles. The molecule has 0 amide bonds. The van der Waals surface area contributed by atoms with Crippen molar-refractivity contribution in [2.75, 3.05) is 0 Å². The number of aromatic hydroxyl groups is 1. The van der Waals surface area contributed by atoms with E-state index in [9.17, 15) is 5.11 Å². The molecule has 0 atom stereocenters. The largest absolute Gasteiger partial charge is 0.508 e. The number of fused-ring (bicyclic) bond motifs is 1. The number of nitrogens with zero attached hydrogens (tertiary/aromatic N) is 2. The van der Waals surface area contributed by atoms with E-state index in [1.54, 1.807) is 12.1 Å². The predicted molar refractivity (Wildman–Crippen MR) is 54.0 cm³/mol. The van der Waals surface area contributed by atoms with Crippen LogP contribution in [0.2, 0.25) is 0 Å². The third-order valence-electron chi connectivity index (χ3n) is 1.93. The van der Waals surface area contributed by atoms with Gasteiger partial charge in [0.05, 0.1) is 0 Å². The van der Waals surface area contributed by atoms with Crippen LogP contribution in [0.5, 0.6) is 5.75 Å². The number of phenols is 1. The van der Waals surface area contributed by atoms with Gasteiger partial charge in [-0.3, -0.25) is 0 Å². The van der Waals surface area contributed by atoms with Crippen molar-refractivity contribution in [3.8, 4) is 11.8 Å². The summed E-state index contributed by atoms with van der Waals surface area (Å²) in [5, 5.41) is 18.7. The maximum absolute atomic E-state index is 9.23. The molecule has 0 aliphatic heterocycles. The summed E-state index contributed by atoms with van der Waals surface area (Å²) >= 11 is 5.27. The molecule has 15 heavy (non-hydrogen) atoms. The van der Waals surface area contributed by atoms with E-state index in [1.807, 2.05) is 6.07 Å². The highest BCUT2D eigenvalue weighted by Crippen LogP contribution is 2.18. The average Bonchev–Trinajstić information content (AvgIpc) is 2.27. The molecule has 1 aromatic carbocycles. The van der Waals surface area contributed by atoms with Crippen LogP contribution < -0.4 is 5.55 Å². The molecule has 0 saturated carbocycles. The Balaban J connectivity index is 2.89. The van der Waals surface area contributed by atoms with Crippen molar-refractivity contribution in [1.82, 2.24) is 0 Å². The van der Waals surface area contributed by atoms with Crippen LogP contribution in [0.3, 0.4) is 0 Å². The van der Waals surface area contributed by atoms with E-state index in [4.69, 9.17) is 21.5 Å². The fourth-order valence-corrected chi connectivity index (χ4v) is 1.38. The lowest BCUT2D eigenvalue weighted by molar-refractivity contribution is 0.472. The first-order chi connectivity index (χ1) is 7.24. The van der Waals surface area contributed by atoms with Gasteiger partial charge in [0.2, 0.25) is 5.55 Å². The van der Waals surface area contributed by atoms with Crippen LogP contribution in [-0.2, 0) is 0 Å². The van der Waals surface area contributed by atoms with Crippen LogP contribution in [0.25, 0.3) is 11.0 Å². The lowest BCUT2D eigenvalue weighted by Crippen LogP contribution is -2.04. The maximum Gasteiger partial charge on any atom is 0.249 e. The highest BCUT2D eigenvalue weighted by atomic mass is 35.5. The van der Waals surface area contributed by atoms with Crippen LogP contribution in [0, 0.1) is 11.3 Å². The molecule has 1 N–H and O–H groups in total. The third-order valence-corrected chi connectivity index (χ3v) is 2.08. The van der Waals surface area contributed by atoms with Crippen LogP contribution in [0.4, 0.5) is 0 Å². The summed E-state index contributed by atoms with van der Waals surface area (Å²) in [6.07, 6.45) is 0. The zero-order chi connectivity index (χ0) is 10.8. The molecule has 1 heterocycles. The minimum atomic E-state index is 0.0391. The number of phenolic OH excluding ortho intramolecular Hbond substituents is 1. The Kier molecular flexibility index (Phi) is 2.32. The molecule has 2 rings (SSSR count). The average molecular weight is 221 g/mol. The van der Waals surface area contributed by atoms with Crippen molar-refractivity contribution in [1.29, 1.82) is 5.26 Å². The first-order valence-corrected chi connectivity index (χ1v) is 4.40. The molecule has 0 saturated heterocycles. The lowest BCUT2D eigenvalue weighted by atomic mass is 10.2.